The Kier molecular flexibility index (Phi) is 4.40. The average Bonchev–Trinajstić information content (AvgIpc) is 2.41. The molecule has 0 aromatic heterocycles. The first-order valence-electron chi connectivity index (χ1n) is 6.59. The minimum absolute atomic E-state index is 0.691. The third-order valence-corrected chi connectivity index (χ3v) is 3.22. The largest absolute Gasteiger partial charge is 0.370 e. The third-order valence-electron chi connectivity index (χ3n) is 3.22. The third kappa shape index (κ3) is 3.36. The molecule has 2 N–H and O–H groups in total. The molecule has 0 amide bonds. The zero-order valence-electron chi connectivity index (χ0n) is 11.0. The van der Waals surface area contributed by atoms with Crippen molar-refractivity contribution in [3.63, 3.8) is 0 Å². The molecular weight excluding hydrogens is 222 g/mol. The lowest BCUT2D eigenvalue weighted by molar-refractivity contribution is 0.384. The highest BCUT2D eigenvalue weighted by atomic mass is 15.2. The summed E-state index contributed by atoms with van der Waals surface area (Å²) in [6, 6.07) is 10.5. The molecule has 96 valence electrons. The van der Waals surface area contributed by atoms with Gasteiger partial charge in [0.1, 0.15) is 0 Å². The summed E-state index contributed by atoms with van der Waals surface area (Å²) in [5, 5.41) is 0. The Morgan fingerprint density at radius 3 is 2.56 bits per heavy atom. The average molecular weight is 243 g/mol. The Labute approximate surface area is 109 Å². The van der Waals surface area contributed by atoms with Crippen molar-refractivity contribution in [2.75, 3.05) is 19.6 Å². The second kappa shape index (κ2) is 6.24. The van der Waals surface area contributed by atoms with Crippen LogP contribution in [0.15, 0.2) is 40.9 Å². The molecule has 18 heavy (non-hydrogen) atoms. The van der Waals surface area contributed by atoms with E-state index in [4.69, 9.17) is 5.73 Å². The molecule has 3 heteroatoms. The maximum absolute atomic E-state index is 5.91. The van der Waals surface area contributed by atoms with Gasteiger partial charge in [0.25, 0.3) is 0 Å². The molecule has 0 saturated carbocycles. The van der Waals surface area contributed by atoms with Gasteiger partial charge in [0.15, 0.2) is 5.96 Å². The van der Waals surface area contributed by atoms with Crippen LogP contribution in [0.25, 0.3) is 6.08 Å². The highest BCUT2D eigenvalue weighted by Gasteiger charge is 2.14. The number of likely N-dealkylation sites (tertiary alicyclic amines) is 1. The summed E-state index contributed by atoms with van der Waals surface area (Å²) in [6.07, 6.45) is 4.45. The topological polar surface area (TPSA) is 41.6 Å². The van der Waals surface area contributed by atoms with E-state index in [1.165, 1.54) is 11.1 Å². The highest BCUT2D eigenvalue weighted by molar-refractivity contribution is 5.78. The molecule has 1 aliphatic heterocycles. The normalized spacial score (nSPS) is 16.8. The predicted molar refractivity (Wildman–Crippen MR) is 77.4 cm³/mol. The van der Waals surface area contributed by atoms with Crippen LogP contribution in [0, 0.1) is 0 Å². The van der Waals surface area contributed by atoms with Crippen molar-refractivity contribution in [3.8, 4) is 0 Å². The molecule has 0 bridgehead atoms. The summed E-state index contributed by atoms with van der Waals surface area (Å²) in [5.41, 5.74) is 8.70. The zero-order chi connectivity index (χ0) is 12.8. The number of hydrogen-bond acceptors (Lipinski definition) is 1. The number of hydrogen-bond donors (Lipinski definition) is 1. The van der Waals surface area contributed by atoms with Crippen molar-refractivity contribution >= 4 is 12.0 Å². The number of rotatable bonds is 2. The maximum atomic E-state index is 5.91. The first kappa shape index (κ1) is 12.7. The van der Waals surface area contributed by atoms with Crippen molar-refractivity contribution in [2.24, 2.45) is 10.7 Å². The quantitative estimate of drug-likeness (QED) is 0.640. The monoisotopic (exact) mass is 243 g/mol. The number of piperidine rings is 1. The number of nitrogens with two attached hydrogens (primary N) is 1. The minimum Gasteiger partial charge on any atom is -0.370 e. The number of nitrogens with zero attached hydrogens (tertiary/aromatic N) is 2. The number of guanidine groups is 1. The van der Waals surface area contributed by atoms with Gasteiger partial charge in [-0.05, 0) is 25.3 Å². The van der Waals surface area contributed by atoms with Crippen LogP contribution in [0.4, 0.5) is 0 Å². The summed E-state index contributed by atoms with van der Waals surface area (Å²) >= 11 is 0. The summed E-state index contributed by atoms with van der Waals surface area (Å²) in [6.45, 7) is 4.73. The van der Waals surface area contributed by atoms with E-state index in [-0.39, 0.29) is 0 Å². The lowest BCUT2D eigenvalue weighted by Crippen LogP contribution is -2.41. The second-order valence-electron chi connectivity index (χ2n) is 4.53. The van der Waals surface area contributed by atoms with Crippen LogP contribution < -0.4 is 5.73 Å². The summed E-state index contributed by atoms with van der Waals surface area (Å²) in [5.74, 6) is 0.691. The van der Waals surface area contributed by atoms with Crippen molar-refractivity contribution in [2.45, 2.75) is 19.8 Å². The Balaban J connectivity index is 1.95. The van der Waals surface area contributed by atoms with E-state index in [0.717, 1.165) is 32.5 Å². The van der Waals surface area contributed by atoms with E-state index in [2.05, 4.69) is 40.2 Å². The molecular formula is C15H21N3. The molecule has 1 aromatic carbocycles. The summed E-state index contributed by atoms with van der Waals surface area (Å²) in [4.78, 5) is 6.43. The summed E-state index contributed by atoms with van der Waals surface area (Å²) in [7, 11) is 0. The van der Waals surface area contributed by atoms with E-state index in [9.17, 15) is 0 Å². The maximum Gasteiger partial charge on any atom is 0.191 e. The van der Waals surface area contributed by atoms with Crippen molar-refractivity contribution in [1.82, 2.24) is 4.90 Å². The first-order chi connectivity index (χ1) is 8.79. The molecule has 0 aliphatic carbocycles. The van der Waals surface area contributed by atoms with Crippen LogP contribution >= 0.6 is 0 Å². The van der Waals surface area contributed by atoms with Crippen molar-refractivity contribution in [3.05, 3.63) is 41.5 Å². The van der Waals surface area contributed by atoms with Gasteiger partial charge < -0.3 is 10.6 Å². The van der Waals surface area contributed by atoms with Crippen LogP contribution in [-0.4, -0.2) is 30.5 Å². The fraction of sp³-hybridized carbons (Fsp3) is 0.400. The molecule has 0 unspecified atom stereocenters. The van der Waals surface area contributed by atoms with Gasteiger partial charge in [-0.1, -0.05) is 42.0 Å². The highest BCUT2D eigenvalue weighted by Crippen LogP contribution is 2.19. The number of aliphatic imine (C=N–C) groups is 1. The fourth-order valence-electron chi connectivity index (χ4n) is 2.21. The fourth-order valence-corrected chi connectivity index (χ4v) is 2.21. The smallest absolute Gasteiger partial charge is 0.191 e. The van der Waals surface area contributed by atoms with Gasteiger partial charge in [-0.2, -0.15) is 0 Å². The summed E-state index contributed by atoms with van der Waals surface area (Å²) < 4.78 is 0. The molecule has 1 fully saturated rings. The predicted octanol–water partition coefficient (Wildman–Crippen LogP) is 2.50. The minimum atomic E-state index is 0.691. The van der Waals surface area contributed by atoms with Crippen LogP contribution in [0.3, 0.4) is 0 Å². The van der Waals surface area contributed by atoms with Crippen molar-refractivity contribution in [1.29, 1.82) is 0 Å². The van der Waals surface area contributed by atoms with E-state index in [1.807, 2.05) is 13.0 Å². The van der Waals surface area contributed by atoms with E-state index in [0.29, 0.717) is 5.96 Å². The molecule has 1 saturated heterocycles. The van der Waals surface area contributed by atoms with Gasteiger partial charge >= 0.3 is 0 Å². The van der Waals surface area contributed by atoms with Crippen LogP contribution in [0.2, 0.25) is 0 Å². The Morgan fingerprint density at radius 1 is 1.28 bits per heavy atom. The van der Waals surface area contributed by atoms with Gasteiger partial charge in [0.05, 0.1) is 0 Å². The van der Waals surface area contributed by atoms with E-state index < -0.39 is 0 Å². The molecule has 1 aromatic rings. The lowest BCUT2D eigenvalue weighted by atomic mass is 10.0. The standard InChI is InChI=1S/C15H21N3/c1-2-17-15(16)18-10-8-14(9-11-18)12-13-6-4-3-5-7-13/h3-7,12H,2,8-11H2,1H3,(H2,16,17). The molecule has 1 aliphatic rings. The van der Waals surface area contributed by atoms with E-state index in [1.54, 1.807) is 0 Å². The Morgan fingerprint density at radius 2 is 1.94 bits per heavy atom. The Bertz CT molecular complexity index is 424. The van der Waals surface area contributed by atoms with Gasteiger partial charge in [-0.3, -0.25) is 4.99 Å². The molecule has 0 spiro atoms. The van der Waals surface area contributed by atoms with Gasteiger partial charge in [0, 0.05) is 19.6 Å². The molecule has 3 nitrogen and oxygen atoms in total. The molecule has 0 atom stereocenters. The van der Waals surface area contributed by atoms with Crippen LogP contribution in [-0.2, 0) is 0 Å². The lowest BCUT2D eigenvalue weighted by Gasteiger charge is -2.29. The van der Waals surface area contributed by atoms with Crippen LogP contribution in [0.5, 0.6) is 0 Å². The first-order valence-corrected chi connectivity index (χ1v) is 6.59. The molecule has 2 rings (SSSR count). The van der Waals surface area contributed by atoms with Gasteiger partial charge in [0.2, 0.25) is 0 Å². The SMILES string of the molecule is CCN=C(N)N1CCC(=Cc2ccccc2)CC1. The van der Waals surface area contributed by atoms with Crippen molar-refractivity contribution < 1.29 is 0 Å². The van der Waals surface area contributed by atoms with Gasteiger partial charge in [-0.25, -0.2) is 0 Å². The van der Waals surface area contributed by atoms with E-state index >= 15 is 0 Å². The second-order valence-corrected chi connectivity index (χ2v) is 4.53. The zero-order valence-corrected chi connectivity index (χ0v) is 11.0. The molecule has 1 heterocycles. The number of benzene rings is 1. The van der Waals surface area contributed by atoms with Gasteiger partial charge in [-0.15, -0.1) is 0 Å². The Hall–Kier alpha value is -1.77. The van der Waals surface area contributed by atoms with Crippen LogP contribution in [0.1, 0.15) is 25.3 Å². The molecule has 0 radical (unpaired) electrons.